The Morgan fingerprint density at radius 2 is 2.06 bits per heavy atom. The number of aromatic nitrogens is 4. The van der Waals surface area contributed by atoms with Crippen LogP contribution in [0.5, 0.6) is 11.5 Å². The van der Waals surface area contributed by atoms with Crippen molar-refractivity contribution in [2.45, 2.75) is 26.5 Å². The molecule has 1 unspecified atom stereocenters. The van der Waals surface area contributed by atoms with E-state index in [1.807, 2.05) is 43.3 Å². The topological polar surface area (TPSA) is 100 Å². The van der Waals surface area contributed by atoms with Crippen molar-refractivity contribution < 1.29 is 19.0 Å². The van der Waals surface area contributed by atoms with Crippen molar-refractivity contribution in [2.24, 2.45) is 0 Å². The molecule has 0 spiro atoms. The molecule has 0 bridgehead atoms. The summed E-state index contributed by atoms with van der Waals surface area (Å²) in [6, 6.07) is 12.3. The number of hydrogen-bond donors (Lipinski definition) is 1. The molecule has 0 fully saturated rings. The molecule has 3 aromatic rings. The summed E-state index contributed by atoms with van der Waals surface area (Å²) in [5, 5.41) is 15.5. The van der Waals surface area contributed by atoms with Crippen LogP contribution in [0.4, 0.5) is 5.95 Å². The van der Waals surface area contributed by atoms with Gasteiger partial charge in [0.05, 0.1) is 12.2 Å². The highest BCUT2D eigenvalue weighted by Crippen LogP contribution is 2.39. The first-order valence-corrected chi connectivity index (χ1v) is 11.1. The van der Waals surface area contributed by atoms with Gasteiger partial charge in [0.2, 0.25) is 5.95 Å². The molecule has 176 valence electrons. The van der Waals surface area contributed by atoms with Gasteiger partial charge in [0.25, 0.3) is 0 Å². The quantitative estimate of drug-likeness (QED) is 0.356. The zero-order chi connectivity index (χ0) is 24.1. The number of benzene rings is 2. The average Bonchev–Trinajstić information content (AvgIpc) is 3.30. The summed E-state index contributed by atoms with van der Waals surface area (Å²) < 4.78 is 18.8. The lowest BCUT2D eigenvalue weighted by molar-refractivity contribution is -0.138. The first kappa shape index (κ1) is 23.3. The highest BCUT2D eigenvalue weighted by molar-refractivity contribution is 6.31. The van der Waals surface area contributed by atoms with Gasteiger partial charge in [-0.1, -0.05) is 53.6 Å². The standard InChI is InChI=1S/C24H24ClN5O4/c1-4-12-33-23(31)21-15(3)26-24-27-28-29-30(24)22(21)16-10-11-19(20(13-16)32-5-2)34-14-17-8-6-7-9-18(17)25/h4,6-11,13,22H,1,5,12,14H2,2-3H3,(H,26,27,29). The highest BCUT2D eigenvalue weighted by Gasteiger charge is 2.35. The Kier molecular flexibility index (Phi) is 7.12. The van der Waals surface area contributed by atoms with Gasteiger partial charge < -0.3 is 19.5 Å². The summed E-state index contributed by atoms with van der Waals surface area (Å²) >= 11 is 6.26. The minimum absolute atomic E-state index is 0.0871. The Hall–Kier alpha value is -3.85. The smallest absolute Gasteiger partial charge is 0.338 e. The molecule has 34 heavy (non-hydrogen) atoms. The molecule has 2 aromatic carbocycles. The van der Waals surface area contributed by atoms with E-state index in [0.717, 1.165) is 11.1 Å². The Balaban J connectivity index is 1.70. The summed E-state index contributed by atoms with van der Waals surface area (Å²) in [5.74, 6) is 0.998. The van der Waals surface area contributed by atoms with Crippen LogP contribution in [-0.4, -0.2) is 39.4 Å². The monoisotopic (exact) mass is 481 g/mol. The van der Waals surface area contributed by atoms with E-state index in [1.165, 1.54) is 10.8 Å². The predicted octanol–water partition coefficient (Wildman–Crippen LogP) is 4.32. The molecule has 1 aliphatic rings. The van der Waals surface area contributed by atoms with Gasteiger partial charge in [0, 0.05) is 16.3 Å². The van der Waals surface area contributed by atoms with Crippen molar-refractivity contribution >= 4 is 23.5 Å². The first-order chi connectivity index (χ1) is 16.5. The van der Waals surface area contributed by atoms with Crippen LogP contribution in [0.2, 0.25) is 5.02 Å². The Morgan fingerprint density at radius 3 is 2.82 bits per heavy atom. The maximum absolute atomic E-state index is 12.9. The summed E-state index contributed by atoms with van der Waals surface area (Å²) in [6.45, 7) is 8.06. The van der Waals surface area contributed by atoms with Gasteiger partial charge in [-0.2, -0.15) is 4.68 Å². The first-order valence-electron chi connectivity index (χ1n) is 10.7. The number of allylic oxidation sites excluding steroid dienone is 1. The van der Waals surface area contributed by atoms with Crippen LogP contribution in [0.25, 0.3) is 0 Å². The Bertz CT molecular complexity index is 1240. The number of tetrazole rings is 1. The molecule has 1 atom stereocenters. The average molecular weight is 482 g/mol. The number of hydrogen-bond acceptors (Lipinski definition) is 8. The number of carbonyl (C=O) groups excluding carboxylic acids is 1. The zero-order valence-electron chi connectivity index (χ0n) is 18.8. The van der Waals surface area contributed by atoms with E-state index in [9.17, 15) is 4.79 Å². The van der Waals surface area contributed by atoms with Crippen LogP contribution in [0.15, 0.2) is 66.4 Å². The number of rotatable bonds is 9. The molecule has 1 N–H and O–H groups in total. The summed E-state index contributed by atoms with van der Waals surface area (Å²) in [7, 11) is 0. The summed E-state index contributed by atoms with van der Waals surface area (Å²) in [6.07, 6.45) is 1.51. The fourth-order valence-electron chi connectivity index (χ4n) is 3.65. The van der Waals surface area contributed by atoms with Crippen molar-refractivity contribution in [1.29, 1.82) is 0 Å². The van der Waals surface area contributed by atoms with Crippen LogP contribution < -0.4 is 14.8 Å². The largest absolute Gasteiger partial charge is 0.490 e. The maximum Gasteiger partial charge on any atom is 0.338 e. The van der Waals surface area contributed by atoms with Gasteiger partial charge in [-0.3, -0.25) is 0 Å². The minimum atomic E-state index is -0.625. The third-order valence-corrected chi connectivity index (χ3v) is 5.56. The Morgan fingerprint density at radius 1 is 1.24 bits per heavy atom. The minimum Gasteiger partial charge on any atom is -0.490 e. The Labute approximate surface area is 202 Å². The highest BCUT2D eigenvalue weighted by atomic mass is 35.5. The number of halogens is 1. The van der Waals surface area contributed by atoms with Crippen molar-refractivity contribution in [3.05, 3.63) is 82.5 Å². The fourth-order valence-corrected chi connectivity index (χ4v) is 3.84. The van der Waals surface area contributed by atoms with Crippen LogP contribution in [-0.2, 0) is 16.1 Å². The van der Waals surface area contributed by atoms with Crippen molar-refractivity contribution in [1.82, 2.24) is 20.2 Å². The van der Waals surface area contributed by atoms with Crippen LogP contribution >= 0.6 is 11.6 Å². The van der Waals surface area contributed by atoms with Gasteiger partial charge in [-0.15, -0.1) is 0 Å². The van der Waals surface area contributed by atoms with E-state index < -0.39 is 12.0 Å². The van der Waals surface area contributed by atoms with E-state index in [4.69, 9.17) is 25.8 Å². The van der Waals surface area contributed by atoms with E-state index >= 15 is 0 Å². The lowest BCUT2D eigenvalue weighted by Crippen LogP contribution is -2.29. The van der Waals surface area contributed by atoms with E-state index in [0.29, 0.717) is 40.3 Å². The summed E-state index contributed by atoms with van der Waals surface area (Å²) in [5.41, 5.74) is 2.57. The molecular formula is C24H24ClN5O4. The molecule has 2 heterocycles. The molecule has 0 saturated heterocycles. The van der Waals surface area contributed by atoms with Gasteiger partial charge in [-0.05, 0) is 48.0 Å². The molecule has 0 saturated carbocycles. The number of esters is 1. The third kappa shape index (κ3) is 4.74. The number of carbonyl (C=O) groups is 1. The number of ether oxygens (including phenoxy) is 3. The lowest BCUT2D eigenvalue weighted by atomic mass is 9.95. The second-order valence-corrected chi connectivity index (χ2v) is 7.83. The van der Waals surface area contributed by atoms with Crippen LogP contribution in [0.1, 0.15) is 31.0 Å². The lowest BCUT2D eigenvalue weighted by Gasteiger charge is -2.27. The van der Waals surface area contributed by atoms with E-state index in [2.05, 4.69) is 27.4 Å². The van der Waals surface area contributed by atoms with Crippen molar-refractivity contribution in [3.63, 3.8) is 0 Å². The summed E-state index contributed by atoms with van der Waals surface area (Å²) in [4.78, 5) is 12.9. The second kappa shape index (κ2) is 10.4. The van der Waals surface area contributed by atoms with Gasteiger partial charge >= 0.3 is 5.97 Å². The van der Waals surface area contributed by atoms with Crippen molar-refractivity contribution in [2.75, 3.05) is 18.5 Å². The van der Waals surface area contributed by atoms with E-state index in [1.54, 1.807) is 13.0 Å². The zero-order valence-corrected chi connectivity index (χ0v) is 19.6. The predicted molar refractivity (Wildman–Crippen MR) is 127 cm³/mol. The molecule has 0 amide bonds. The maximum atomic E-state index is 12.9. The fraction of sp³-hybridized carbons (Fsp3) is 0.250. The number of anilines is 1. The van der Waals surface area contributed by atoms with Gasteiger partial charge in [0.1, 0.15) is 19.3 Å². The normalized spacial score (nSPS) is 14.7. The second-order valence-electron chi connectivity index (χ2n) is 7.42. The van der Waals surface area contributed by atoms with Crippen LogP contribution in [0, 0.1) is 0 Å². The SMILES string of the molecule is C=CCOC(=O)C1=C(C)Nc2nnnn2C1c1ccc(OCc2ccccc2Cl)c(OCC)c1. The molecular weight excluding hydrogens is 458 g/mol. The van der Waals surface area contributed by atoms with Gasteiger partial charge in [-0.25, -0.2) is 4.79 Å². The molecule has 1 aromatic heterocycles. The molecule has 4 rings (SSSR count). The van der Waals surface area contributed by atoms with E-state index in [-0.39, 0.29) is 13.2 Å². The molecule has 9 nitrogen and oxygen atoms in total. The number of fused-ring (bicyclic) bond motifs is 1. The van der Waals surface area contributed by atoms with Gasteiger partial charge in [0.15, 0.2) is 11.5 Å². The number of nitrogens with one attached hydrogen (secondary N) is 1. The molecule has 0 aliphatic carbocycles. The molecule has 1 aliphatic heterocycles. The van der Waals surface area contributed by atoms with Crippen molar-refractivity contribution in [3.8, 4) is 11.5 Å². The molecule has 10 heteroatoms. The number of nitrogens with zero attached hydrogens (tertiary/aromatic N) is 4. The molecule has 0 radical (unpaired) electrons. The third-order valence-electron chi connectivity index (χ3n) is 5.19. The van der Waals surface area contributed by atoms with Crippen LogP contribution in [0.3, 0.4) is 0 Å².